The van der Waals surface area contributed by atoms with E-state index in [4.69, 9.17) is 0 Å². The Kier molecular flexibility index (Phi) is 3.98. The highest BCUT2D eigenvalue weighted by Gasteiger charge is 2.59. The zero-order chi connectivity index (χ0) is 19.2. The second-order valence-electron chi connectivity index (χ2n) is 6.94. The van der Waals surface area contributed by atoms with Crippen LogP contribution in [0.3, 0.4) is 0 Å². The number of fused-ring (bicyclic) bond motifs is 3. The lowest BCUT2D eigenvalue weighted by Gasteiger charge is -2.47. The fourth-order valence-electron chi connectivity index (χ4n) is 4.03. The van der Waals surface area contributed by atoms with Crippen molar-refractivity contribution < 1.29 is 14.4 Å². The predicted molar refractivity (Wildman–Crippen MR) is 102 cm³/mol. The SMILES string of the molecule is CCc1cccc(NC(=O)[C@@]23CCC(=O)N2c2ccccc2C(=O)N3C)c1. The van der Waals surface area contributed by atoms with Gasteiger partial charge in [0.25, 0.3) is 11.8 Å². The molecule has 2 aliphatic heterocycles. The van der Waals surface area contributed by atoms with E-state index in [1.54, 1.807) is 31.3 Å². The number of aryl methyl sites for hydroxylation is 1. The summed E-state index contributed by atoms with van der Waals surface area (Å²) in [5, 5.41) is 2.92. The largest absolute Gasteiger partial charge is 0.322 e. The van der Waals surface area contributed by atoms with Crippen LogP contribution < -0.4 is 10.2 Å². The highest BCUT2D eigenvalue weighted by Crippen LogP contribution is 2.44. The van der Waals surface area contributed by atoms with Gasteiger partial charge in [-0.1, -0.05) is 31.2 Å². The van der Waals surface area contributed by atoms with E-state index in [-0.39, 0.29) is 30.6 Å². The Balaban J connectivity index is 1.78. The van der Waals surface area contributed by atoms with E-state index in [9.17, 15) is 14.4 Å². The van der Waals surface area contributed by atoms with Crippen molar-refractivity contribution in [2.75, 3.05) is 17.3 Å². The number of benzene rings is 2. The molecule has 0 unspecified atom stereocenters. The fraction of sp³-hybridized carbons (Fsp3) is 0.286. The van der Waals surface area contributed by atoms with Gasteiger partial charge in [0, 0.05) is 25.6 Å². The maximum Gasteiger partial charge on any atom is 0.271 e. The molecule has 1 saturated heterocycles. The molecule has 27 heavy (non-hydrogen) atoms. The van der Waals surface area contributed by atoms with E-state index in [2.05, 4.69) is 5.32 Å². The van der Waals surface area contributed by atoms with E-state index in [1.165, 1.54) is 9.80 Å². The molecule has 1 N–H and O–H groups in total. The summed E-state index contributed by atoms with van der Waals surface area (Å²) in [6, 6.07) is 14.5. The first-order chi connectivity index (χ1) is 13.0. The van der Waals surface area contributed by atoms with Crippen molar-refractivity contribution in [1.82, 2.24) is 4.90 Å². The lowest BCUT2D eigenvalue weighted by molar-refractivity contribution is -0.128. The number of para-hydroxylation sites is 1. The van der Waals surface area contributed by atoms with E-state index >= 15 is 0 Å². The molecule has 6 nitrogen and oxygen atoms in total. The van der Waals surface area contributed by atoms with Crippen LogP contribution in [0.25, 0.3) is 0 Å². The molecule has 2 aromatic carbocycles. The third kappa shape index (κ3) is 2.44. The minimum atomic E-state index is -1.34. The summed E-state index contributed by atoms with van der Waals surface area (Å²) in [6.07, 6.45) is 1.33. The van der Waals surface area contributed by atoms with Gasteiger partial charge in [-0.2, -0.15) is 0 Å². The molecule has 2 aromatic rings. The van der Waals surface area contributed by atoms with Gasteiger partial charge in [0.2, 0.25) is 11.6 Å². The lowest BCUT2D eigenvalue weighted by Crippen LogP contribution is -2.68. The molecule has 4 rings (SSSR count). The highest BCUT2D eigenvalue weighted by atomic mass is 16.2. The van der Waals surface area contributed by atoms with Crippen LogP contribution in [-0.4, -0.2) is 35.3 Å². The molecule has 0 bridgehead atoms. The molecule has 138 valence electrons. The van der Waals surface area contributed by atoms with Gasteiger partial charge in [0.1, 0.15) is 0 Å². The number of rotatable bonds is 3. The van der Waals surface area contributed by atoms with Crippen LogP contribution in [0.1, 0.15) is 35.7 Å². The fourth-order valence-corrected chi connectivity index (χ4v) is 4.03. The maximum absolute atomic E-state index is 13.4. The zero-order valence-corrected chi connectivity index (χ0v) is 15.4. The van der Waals surface area contributed by atoms with Crippen LogP contribution in [0.15, 0.2) is 48.5 Å². The Morgan fingerprint density at radius 2 is 1.93 bits per heavy atom. The van der Waals surface area contributed by atoms with Gasteiger partial charge in [0.05, 0.1) is 11.3 Å². The first-order valence-electron chi connectivity index (χ1n) is 9.09. The van der Waals surface area contributed by atoms with Gasteiger partial charge in [-0.05, 0) is 36.2 Å². The molecule has 1 fully saturated rings. The number of nitrogens with zero attached hydrogens (tertiary/aromatic N) is 2. The predicted octanol–water partition coefficient (Wildman–Crippen LogP) is 2.80. The van der Waals surface area contributed by atoms with Crippen molar-refractivity contribution in [1.29, 1.82) is 0 Å². The average molecular weight is 363 g/mol. The Hall–Kier alpha value is -3.15. The summed E-state index contributed by atoms with van der Waals surface area (Å²) in [4.78, 5) is 41.9. The van der Waals surface area contributed by atoms with Crippen molar-refractivity contribution in [3.63, 3.8) is 0 Å². The quantitative estimate of drug-likeness (QED) is 0.912. The van der Waals surface area contributed by atoms with Crippen molar-refractivity contribution in [3.05, 3.63) is 59.7 Å². The second kappa shape index (κ2) is 6.23. The molecule has 0 aromatic heterocycles. The number of hydrogen-bond donors (Lipinski definition) is 1. The van der Waals surface area contributed by atoms with Crippen LogP contribution in [0.2, 0.25) is 0 Å². The minimum absolute atomic E-state index is 0.153. The number of carbonyl (C=O) groups excluding carboxylic acids is 3. The Labute approximate surface area is 157 Å². The molecule has 2 heterocycles. The Bertz CT molecular complexity index is 955. The summed E-state index contributed by atoms with van der Waals surface area (Å²) >= 11 is 0. The van der Waals surface area contributed by atoms with E-state index in [0.29, 0.717) is 16.9 Å². The molecule has 0 aliphatic carbocycles. The minimum Gasteiger partial charge on any atom is -0.322 e. The molecular weight excluding hydrogens is 342 g/mol. The monoisotopic (exact) mass is 363 g/mol. The summed E-state index contributed by atoms with van der Waals surface area (Å²) in [5.41, 5.74) is 1.35. The van der Waals surface area contributed by atoms with Gasteiger partial charge in [-0.15, -0.1) is 0 Å². The topological polar surface area (TPSA) is 69.7 Å². The van der Waals surface area contributed by atoms with E-state index in [1.807, 2.05) is 31.2 Å². The van der Waals surface area contributed by atoms with Crippen molar-refractivity contribution in [2.45, 2.75) is 31.8 Å². The molecule has 0 spiro atoms. The van der Waals surface area contributed by atoms with Crippen LogP contribution in [0.5, 0.6) is 0 Å². The number of likely N-dealkylation sites (N-methyl/N-ethyl adjacent to an activating group) is 1. The number of anilines is 2. The van der Waals surface area contributed by atoms with E-state index < -0.39 is 5.66 Å². The van der Waals surface area contributed by atoms with Crippen molar-refractivity contribution in [3.8, 4) is 0 Å². The third-order valence-corrected chi connectivity index (χ3v) is 5.50. The zero-order valence-electron chi connectivity index (χ0n) is 15.4. The summed E-state index contributed by atoms with van der Waals surface area (Å²) in [7, 11) is 1.59. The number of hydrogen-bond acceptors (Lipinski definition) is 3. The van der Waals surface area contributed by atoms with Crippen LogP contribution >= 0.6 is 0 Å². The number of amides is 3. The van der Waals surface area contributed by atoms with Crippen molar-refractivity contribution in [2.24, 2.45) is 0 Å². The molecule has 6 heteroatoms. The normalized spacial score (nSPS) is 21.1. The summed E-state index contributed by atoms with van der Waals surface area (Å²) in [6.45, 7) is 2.04. The molecular formula is C21H21N3O3. The third-order valence-electron chi connectivity index (χ3n) is 5.50. The standard InChI is InChI=1S/C21H21N3O3/c1-3-14-7-6-8-15(13-14)22-20(27)21-12-11-18(25)24(21)17-10-5-4-9-16(17)19(26)23(21)2/h4-10,13H,3,11-12H2,1-2H3,(H,22,27)/t21-/m1/s1. The summed E-state index contributed by atoms with van der Waals surface area (Å²) in [5.74, 6) is -0.778. The van der Waals surface area contributed by atoms with Crippen LogP contribution in [0, 0.1) is 0 Å². The Morgan fingerprint density at radius 3 is 2.70 bits per heavy atom. The number of carbonyl (C=O) groups is 3. The van der Waals surface area contributed by atoms with E-state index in [0.717, 1.165) is 12.0 Å². The molecule has 0 saturated carbocycles. The smallest absolute Gasteiger partial charge is 0.271 e. The number of nitrogens with one attached hydrogen (secondary N) is 1. The molecule has 3 amide bonds. The second-order valence-corrected chi connectivity index (χ2v) is 6.94. The maximum atomic E-state index is 13.4. The van der Waals surface area contributed by atoms with Gasteiger partial charge in [-0.25, -0.2) is 0 Å². The highest BCUT2D eigenvalue weighted by molar-refractivity contribution is 6.18. The molecule has 0 radical (unpaired) electrons. The average Bonchev–Trinajstić information content (AvgIpc) is 3.05. The van der Waals surface area contributed by atoms with Gasteiger partial charge >= 0.3 is 0 Å². The van der Waals surface area contributed by atoms with Gasteiger partial charge in [-0.3, -0.25) is 19.3 Å². The van der Waals surface area contributed by atoms with Crippen LogP contribution in [0.4, 0.5) is 11.4 Å². The van der Waals surface area contributed by atoms with Crippen LogP contribution in [-0.2, 0) is 16.0 Å². The Morgan fingerprint density at radius 1 is 1.15 bits per heavy atom. The van der Waals surface area contributed by atoms with Gasteiger partial charge < -0.3 is 10.2 Å². The van der Waals surface area contributed by atoms with Crippen molar-refractivity contribution >= 4 is 29.1 Å². The molecule has 2 aliphatic rings. The van der Waals surface area contributed by atoms with Gasteiger partial charge in [0.15, 0.2) is 0 Å². The first kappa shape index (κ1) is 17.3. The molecule has 1 atom stereocenters. The lowest BCUT2D eigenvalue weighted by atomic mass is 9.96. The first-order valence-corrected chi connectivity index (χ1v) is 9.09. The summed E-state index contributed by atoms with van der Waals surface area (Å²) < 4.78 is 0.